The molecule has 1 amide bonds. The number of methoxy groups -OCH3 is 1. The number of hydrogen-bond acceptors (Lipinski definition) is 5. The third-order valence-electron chi connectivity index (χ3n) is 3.55. The molecule has 0 unspecified atom stereocenters. The van der Waals surface area contributed by atoms with E-state index < -0.39 is 11.5 Å². The van der Waals surface area contributed by atoms with Gasteiger partial charge in [-0.3, -0.25) is 9.89 Å². The van der Waals surface area contributed by atoms with Gasteiger partial charge < -0.3 is 14.5 Å². The molecule has 2 heterocycles. The minimum atomic E-state index is -0.695. The molecule has 0 spiro atoms. The molecule has 0 bridgehead atoms. The second-order valence-corrected chi connectivity index (χ2v) is 5.11. The number of fused-ring (bicyclic) bond motifs is 1. The summed E-state index contributed by atoms with van der Waals surface area (Å²) in [4.78, 5) is 24.4. The summed E-state index contributed by atoms with van der Waals surface area (Å²) in [5.74, 6) is 0.0651. The first-order valence-electron chi connectivity index (χ1n) is 6.94. The van der Waals surface area contributed by atoms with Gasteiger partial charge in [0.05, 0.1) is 24.2 Å². The topological polar surface area (TPSA) is 97.2 Å². The Labute approximate surface area is 131 Å². The number of carbonyl (C=O) groups is 1. The molecule has 0 aliphatic carbocycles. The molecular weight excluding hydrogens is 298 g/mol. The molecule has 0 fully saturated rings. The van der Waals surface area contributed by atoms with Gasteiger partial charge >= 0.3 is 5.63 Å². The molecule has 118 valence electrons. The zero-order valence-corrected chi connectivity index (χ0v) is 12.9. The van der Waals surface area contributed by atoms with E-state index in [1.807, 2.05) is 0 Å². The summed E-state index contributed by atoms with van der Waals surface area (Å²) in [6.07, 6.45) is 0. The fraction of sp³-hybridized carbons (Fsp3) is 0.188. The quantitative estimate of drug-likeness (QED) is 0.724. The maximum absolute atomic E-state index is 12.4. The summed E-state index contributed by atoms with van der Waals surface area (Å²) in [5, 5.41) is 10.1. The predicted molar refractivity (Wildman–Crippen MR) is 85.1 cm³/mol. The number of rotatable bonds is 3. The molecule has 3 aromatic rings. The van der Waals surface area contributed by atoms with Crippen LogP contribution in [0.5, 0.6) is 5.75 Å². The van der Waals surface area contributed by atoms with Gasteiger partial charge in [0, 0.05) is 5.39 Å². The van der Waals surface area contributed by atoms with Crippen molar-refractivity contribution in [2.45, 2.75) is 13.8 Å². The van der Waals surface area contributed by atoms with Gasteiger partial charge in [-0.05, 0) is 38.1 Å². The Morgan fingerprint density at radius 2 is 2.09 bits per heavy atom. The number of carbonyl (C=O) groups excluding carboxylic acids is 1. The number of aromatic nitrogens is 2. The molecule has 7 nitrogen and oxygen atoms in total. The molecule has 2 N–H and O–H groups in total. The lowest BCUT2D eigenvalue weighted by Crippen LogP contribution is -2.21. The molecule has 0 atom stereocenters. The smallest absolute Gasteiger partial charge is 0.349 e. The molecule has 0 aliphatic heterocycles. The summed E-state index contributed by atoms with van der Waals surface area (Å²) < 4.78 is 10.3. The highest BCUT2D eigenvalue weighted by atomic mass is 16.5. The van der Waals surface area contributed by atoms with E-state index in [9.17, 15) is 9.59 Å². The average molecular weight is 313 g/mol. The molecule has 0 saturated carbocycles. The second-order valence-electron chi connectivity index (χ2n) is 5.11. The normalized spacial score (nSPS) is 10.7. The summed E-state index contributed by atoms with van der Waals surface area (Å²) >= 11 is 0. The van der Waals surface area contributed by atoms with Crippen LogP contribution in [0.25, 0.3) is 11.0 Å². The van der Waals surface area contributed by atoms with Crippen LogP contribution in [-0.2, 0) is 0 Å². The van der Waals surface area contributed by atoms with Gasteiger partial charge in [0.2, 0.25) is 0 Å². The van der Waals surface area contributed by atoms with Crippen molar-refractivity contribution in [1.82, 2.24) is 10.2 Å². The average Bonchev–Trinajstić information content (AvgIpc) is 2.85. The maximum atomic E-state index is 12.4. The van der Waals surface area contributed by atoms with Crippen LogP contribution < -0.4 is 15.7 Å². The molecule has 0 saturated heterocycles. The van der Waals surface area contributed by atoms with Crippen molar-refractivity contribution >= 4 is 22.6 Å². The minimum Gasteiger partial charge on any atom is -0.497 e. The molecule has 0 aliphatic rings. The Bertz CT molecular complexity index is 936. The standard InChI is InChI=1S/C16H15N3O4/c1-8-14(9(2)19-18-8)17-15(20)12-7-10-6-11(22-3)4-5-13(10)23-16(12)21/h4-7H,1-3H3,(H,17,20)(H,18,19). The van der Waals surface area contributed by atoms with Crippen LogP contribution in [0.1, 0.15) is 21.7 Å². The van der Waals surface area contributed by atoms with Gasteiger partial charge in [-0.2, -0.15) is 5.10 Å². The van der Waals surface area contributed by atoms with Crippen molar-refractivity contribution in [3.63, 3.8) is 0 Å². The van der Waals surface area contributed by atoms with E-state index in [0.29, 0.717) is 33.8 Å². The van der Waals surface area contributed by atoms with Crippen LogP contribution in [0.15, 0.2) is 33.5 Å². The van der Waals surface area contributed by atoms with Crippen molar-refractivity contribution in [3.8, 4) is 5.75 Å². The number of ether oxygens (including phenoxy) is 1. The monoisotopic (exact) mass is 313 g/mol. The summed E-state index contributed by atoms with van der Waals surface area (Å²) in [6.45, 7) is 3.54. The van der Waals surface area contributed by atoms with Crippen LogP contribution in [0, 0.1) is 13.8 Å². The molecule has 2 aromatic heterocycles. The minimum absolute atomic E-state index is 0.0780. The van der Waals surface area contributed by atoms with Crippen molar-refractivity contribution in [2.75, 3.05) is 12.4 Å². The van der Waals surface area contributed by atoms with Crippen molar-refractivity contribution in [1.29, 1.82) is 0 Å². The van der Waals surface area contributed by atoms with Crippen molar-refractivity contribution in [3.05, 3.63) is 51.6 Å². The zero-order chi connectivity index (χ0) is 16.6. The van der Waals surface area contributed by atoms with Gasteiger partial charge in [0.1, 0.15) is 16.9 Å². The zero-order valence-electron chi connectivity index (χ0n) is 12.9. The number of H-pyrrole nitrogens is 1. The summed E-state index contributed by atoms with van der Waals surface area (Å²) in [7, 11) is 1.54. The molecule has 1 aromatic carbocycles. The number of nitrogens with zero attached hydrogens (tertiary/aromatic N) is 1. The van der Waals surface area contributed by atoms with E-state index in [0.717, 1.165) is 0 Å². The highest BCUT2D eigenvalue weighted by Crippen LogP contribution is 2.21. The van der Waals surface area contributed by atoms with Crippen molar-refractivity contribution in [2.24, 2.45) is 0 Å². The lowest BCUT2D eigenvalue weighted by Gasteiger charge is -2.06. The van der Waals surface area contributed by atoms with Crippen LogP contribution in [0.3, 0.4) is 0 Å². The van der Waals surface area contributed by atoms with Crippen LogP contribution in [0.4, 0.5) is 5.69 Å². The Balaban J connectivity index is 2.03. The number of nitrogens with one attached hydrogen (secondary N) is 2. The first kappa shape index (κ1) is 14.8. The number of amides is 1. The van der Waals surface area contributed by atoms with E-state index in [1.54, 1.807) is 39.2 Å². The maximum Gasteiger partial charge on any atom is 0.349 e. The summed E-state index contributed by atoms with van der Waals surface area (Å²) in [6, 6.07) is 6.50. The lowest BCUT2D eigenvalue weighted by atomic mass is 10.1. The Morgan fingerprint density at radius 3 is 2.74 bits per heavy atom. The fourth-order valence-corrected chi connectivity index (χ4v) is 2.30. The van der Waals surface area contributed by atoms with Crippen LogP contribution >= 0.6 is 0 Å². The van der Waals surface area contributed by atoms with E-state index in [4.69, 9.17) is 9.15 Å². The molecular formula is C16H15N3O4. The molecule has 7 heteroatoms. The van der Waals surface area contributed by atoms with Crippen LogP contribution in [0.2, 0.25) is 0 Å². The first-order chi connectivity index (χ1) is 11.0. The highest BCUT2D eigenvalue weighted by Gasteiger charge is 2.17. The molecule has 0 radical (unpaired) electrons. The van der Waals surface area contributed by atoms with Gasteiger partial charge in [0.25, 0.3) is 5.91 Å². The number of aromatic amines is 1. The fourth-order valence-electron chi connectivity index (χ4n) is 2.30. The predicted octanol–water partition coefficient (Wildman–Crippen LogP) is 2.39. The van der Waals surface area contributed by atoms with E-state index in [-0.39, 0.29) is 5.56 Å². The molecule has 23 heavy (non-hydrogen) atoms. The number of aryl methyl sites for hydroxylation is 2. The largest absolute Gasteiger partial charge is 0.497 e. The molecule has 3 rings (SSSR count). The van der Waals surface area contributed by atoms with Crippen LogP contribution in [-0.4, -0.2) is 23.2 Å². The SMILES string of the molecule is COc1ccc2oc(=O)c(C(=O)Nc3c(C)n[nH]c3C)cc2c1. The van der Waals surface area contributed by atoms with Crippen molar-refractivity contribution < 1.29 is 13.9 Å². The van der Waals surface area contributed by atoms with Gasteiger partial charge in [-0.25, -0.2) is 4.79 Å². The first-order valence-corrected chi connectivity index (χ1v) is 6.94. The summed E-state index contributed by atoms with van der Waals surface area (Å²) in [5.41, 5.74) is 1.53. The Kier molecular flexibility index (Phi) is 3.61. The highest BCUT2D eigenvalue weighted by molar-refractivity contribution is 6.06. The van der Waals surface area contributed by atoms with E-state index in [2.05, 4.69) is 15.5 Å². The number of benzene rings is 1. The number of anilines is 1. The van der Waals surface area contributed by atoms with E-state index in [1.165, 1.54) is 6.07 Å². The van der Waals surface area contributed by atoms with Gasteiger partial charge in [0.15, 0.2) is 0 Å². The number of hydrogen-bond donors (Lipinski definition) is 2. The Morgan fingerprint density at radius 1 is 1.30 bits per heavy atom. The second kappa shape index (κ2) is 5.60. The van der Waals surface area contributed by atoms with Gasteiger partial charge in [-0.1, -0.05) is 0 Å². The Hall–Kier alpha value is -3.09. The van der Waals surface area contributed by atoms with E-state index >= 15 is 0 Å². The lowest BCUT2D eigenvalue weighted by molar-refractivity contribution is 0.102. The third-order valence-corrected chi connectivity index (χ3v) is 3.55. The van der Waals surface area contributed by atoms with Gasteiger partial charge in [-0.15, -0.1) is 0 Å². The third kappa shape index (κ3) is 2.68.